The van der Waals surface area contributed by atoms with E-state index in [0.29, 0.717) is 47.7 Å². The van der Waals surface area contributed by atoms with E-state index in [1.807, 2.05) is 41.8 Å². The summed E-state index contributed by atoms with van der Waals surface area (Å²) in [6, 6.07) is 6.42. The van der Waals surface area contributed by atoms with E-state index in [0.717, 1.165) is 31.1 Å². The number of amides is 3. The first kappa shape index (κ1) is 34.8. The van der Waals surface area contributed by atoms with E-state index in [-0.39, 0.29) is 31.2 Å². The lowest BCUT2D eigenvalue weighted by atomic mass is 10.1. The van der Waals surface area contributed by atoms with Crippen LogP contribution in [0.2, 0.25) is 0 Å². The predicted octanol–water partition coefficient (Wildman–Crippen LogP) is 4.75. The van der Waals surface area contributed by atoms with Gasteiger partial charge in [-0.25, -0.2) is 18.4 Å². The number of hydrogen-bond acceptors (Lipinski definition) is 10. The highest BCUT2D eigenvalue weighted by Gasteiger charge is 2.61. The lowest BCUT2D eigenvalue weighted by Crippen LogP contribution is -2.57. The number of fused-ring (bicyclic) bond motifs is 3. The molecule has 3 amide bonds. The molecule has 0 radical (unpaired) electrons. The van der Waals surface area contributed by atoms with E-state index in [4.69, 9.17) is 14.5 Å². The molecule has 3 aromatic rings. The molecule has 0 spiro atoms. The van der Waals surface area contributed by atoms with Crippen molar-refractivity contribution in [2.75, 3.05) is 13.7 Å². The number of carbonyl (C=O) groups is 3. The molecule has 12 nitrogen and oxygen atoms in total. The maximum absolute atomic E-state index is 14.1. The number of benzene rings is 1. The van der Waals surface area contributed by atoms with Gasteiger partial charge in [-0.2, -0.15) is 0 Å². The minimum atomic E-state index is -3.94. The Balaban J connectivity index is 1.29. The lowest BCUT2D eigenvalue weighted by molar-refractivity contribution is -0.139. The summed E-state index contributed by atoms with van der Waals surface area (Å²) < 4.78 is 40.0. The Kier molecular flexibility index (Phi) is 10.3. The van der Waals surface area contributed by atoms with Crippen LogP contribution in [0.3, 0.4) is 0 Å². The van der Waals surface area contributed by atoms with Crippen molar-refractivity contribution in [3.05, 3.63) is 47.3 Å². The maximum atomic E-state index is 14.1. The molecule has 2 aliphatic heterocycles. The van der Waals surface area contributed by atoms with Gasteiger partial charge in [0.05, 0.1) is 41.3 Å². The fraction of sp³-hybridized carbons (Fsp3) is 0.514. The Morgan fingerprint density at radius 3 is 2.76 bits per heavy atom. The van der Waals surface area contributed by atoms with Gasteiger partial charge in [0.25, 0.3) is 5.91 Å². The Labute approximate surface area is 290 Å². The van der Waals surface area contributed by atoms with E-state index < -0.39 is 44.8 Å². The molecule has 49 heavy (non-hydrogen) atoms. The Morgan fingerprint density at radius 2 is 2.00 bits per heavy atom. The van der Waals surface area contributed by atoms with Crippen LogP contribution in [0.4, 0.5) is 0 Å². The second kappa shape index (κ2) is 14.4. The molecule has 2 fully saturated rings. The molecule has 5 atom stereocenters. The number of allylic oxidation sites excluding steroid dienone is 1. The fourth-order valence-corrected chi connectivity index (χ4v) is 8.21. The second-order valence-electron chi connectivity index (χ2n) is 13.1. The molecule has 1 saturated heterocycles. The molecule has 14 heteroatoms. The average Bonchev–Trinajstić information content (AvgIpc) is 3.40. The topological polar surface area (TPSA) is 157 Å². The number of carbonyl (C=O) groups excluding carboxylic acids is 3. The van der Waals surface area contributed by atoms with Gasteiger partial charge in [-0.15, -0.1) is 11.3 Å². The summed E-state index contributed by atoms with van der Waals surface area (Å²) in [5.41, 5.74) is 2.26. The summed E-state index contributed by atoms with van der Waals surface area (Å²) in [6.07, 6.45) is 8.72. The van der Waals surface area contributed by atoms with Crippen molar-refractivity contribution in [2.45, 2.75) is 94.6 Å². The average molecular weight is 710 g/mol. The monoisotopic (exact) mass is 709 g/mol. The van der Waals surface area contributed by atoms with Gasteiger partial charge in [0, 0.05) is 41.7 Å². The van der Waals surface area contributed by atoms with Crippen LogP contribution in [-0.2, 0) is 24.4 Å². The molecule has 0 bridgehead atoms. The number of pyridine rings is 1. The van der Waals surface area contributed by atoms with Crippen LogP contribution in [0.15, 0.2) is 47.3 Å². The molecule has 1 unspecified atom stereocenters. The molecule has 4 heterocycles. The zero-order valence-electron chi connectivity index (χ0n) is 28.0. The SMILES string of the molecule is CCC(C)S(=O)(=O)NC(=O)[C@@]12C[C@@H]1/C=C\CCCCCCC(=O)N1C[C@H](Oc3cc(-c4cscn4)nc4cc(OC)ccc34)C[C@H]1C(=O)N2. The van der Waals surface area contributed by atoms with Crippen molar-refractivity contribution >= 4 is 50.0 Å². The van der Waals surface area contributed by atoms with Crippen LogP contribution < -0.4 is 19.5 Å². The van der Waals surface area contributed by atoms with Gasteiger partial charge in [-0.3, -0.25) is 19.1 Å². The smallest absolute Gasteiger partial charge is 0.259 e. The van der Waals surface area contributed by atoms with E-state index >= 15 is 0 Å². The van der Waals surface area contributed by atoms with Crippen molar-refractivity contribution in [1.29, 1.82) is 0 Å². The Bertz CT molecular complexity index is 1850. The molecule has 1 aromatic carbocycles. The lowest BCUT2D eigenvalue weighted by Gasteiger charge is -2.26. The van der Waals surface area contributed by atoms with Gasteiger partial charge in [-0.05, 0) is 51.2 Å². The predicted molar refractivity (Wildman–Crippen MR) is 187 cm³/mol. The number of rotatable bonds is 8. The Hall–Kier alpha value is -4.04. The van der Waals surface area contributed by atoms with Crippen LogP contribution >= 0.6 is 11.3 Å². The zero-order chi connectivity index (χ0) is 34.8. The highest BCUT2D eigenvalue weighted by Crippen LogP contribution is 2.46. The van der Waals surface area contributed by atoms with Gasteiger partial charge in [0.15, 0.2) is 0 Å². The van der Waals surface area contributed by atoms with Crippen LogP contribution in [0.5, 0.6) is 11.5 Å². The second-order valence-corrected chi connectivity index (χ2v) is 16.0. The van der Waals surface area contributed by atoms with Crippen molar-refractivity contribution in [3.63, 3.8) is 0 Å². The van der Waals surface area contributed by atoms with Crippen molar-refractivity contribution in [1.82, 2.24) is 24.9 Å². The molecule has 1 saturated carbocycles. The van der Waals surface area contributed by atoms with Crippen LogP contribution in [0.25, 0.3) is 22.3 Å². The third-order valence-electron chi connectivity index (χ3n) is 9.84. The summed E-state index contributed by atoms with van der Waals surface area (Å²) in [4.78, 5) is 52.2. The number of sulfonamides is 1. The number of nitrogens with zero attached hydrogens (tertiary/aromatic N) is 3. The molecular formula is C35H43N5O7S2. The molecule has 1 aliphatic carbocycles. The van der Waals surface area contributed by atoms with E-state index in [2.05, 4.69) is 15.0 Å². The highest BCUT2D eigenvalue weighted by atomic mass is 32.2. The van der Waals surface area contributed by atoms with Gasteiger partial charge in [0.1, 0.15) is 29.2 Å². The third kappa shape index (κ3) is 7.45. The summed E-state index contributed by atoms with van der Waals surface area (Å²) in [5.74, 6) is -0.605. The van der Waals surface area contributed by atoms with Gasteiger partial charge < -0.3 is 19.7 Å². The minimum Gasteiger partial charge on any atom is -0.497 e. The number of thiazole rings is 1. The first-order valence-electron chi connectivity index (χ1n) is 16.9. The van der Waals surface area contributed by atoms with Crippen LogP contribution in [0.1, 0.15) is 71.6 Å². The molecule has 262 valence electrons. The van der Waals surface area contributed by atoms with Gasteiger partial charge >= 0.3 is 0 Å². The molecule has 6 rings (SSSR count). The van der Waals surface area contributed by atoms with E-state index in [1.54, 1.807) is 24.4 Å². The first-order valence-corrected chi connectivity index (χ1v) is 19.4. The number of hydrogen-bond donors (Lipinski definition) is 2. The minimum absolute atomic E-state index is 0.156. The van der Waals surface area contributed by atoms with Gasteiger partial charge in [-0.1, -0.05) is 31.9 Å². The summed E-state index contributed by atoms with van der Waals surface area (Å²) in [7, 11) is -2.36. The number of ether oxygens (including phenoxy) is 2. The third-order valence-corrected chi connectivity index (χ3v) is 12.3. The molecule has 2 aromatic heterocycles. The highest BCUT2D eigenvalue weighted by molar-refractivity contribution is 7.90. The standard InChI is InChI=1S/C35H43N5O7S2/c1-4-22(2)49(44,45)39-34(43)35-18-23(35)11-9-7-5-6-8-10-12-32(41)40-19-25(16-30(40)33(42)38-35)47-31-17-28(29-20-48-21-36-29)37-27-15-24(46-3)13-14-26(27)31/h9,11,13-15,17,20-23,25,30H,4-8,10,12,16,18-19H2,1-3H3,(H,38,42)(H,39,43)/b11-9-/t22?,23-,25+,30-,35+/m0/s1. The quantitative estimate of drug-likeness (QED) is 0.315. The van der Waals surface area contributed by atoms with Crippen molar-refractivity contribution < 1.29 is 32.3 Å². The van der Waals surface area contributed by atoms with E-state index in [1.165, 1.54) is 18.3 Å². The van der Waals surface area contributed by atoms with Crippen molar-refractivity contribution in [2.24, 2.45) is 5.92 Å². The van der Waals surface area contributed by atoms with Crippen LogP contribution in [0, 0.1) is 5.92 Å². The van der Waals surface area contributed by atoms with Crippen LogP contribution in [-0.4, -0.2) is 77.6 Å². The van der Waals surface area contributed by atoms with Gasteiger partial charge in [0.2, 0.25) is 21.8 Å². The largest absolute Gasteiger partial charge is 0.497 e. The Morgan fingerprint density at radius 1 is 1.18 bits per heavy atom. The maximum Gasteiger partial charge on any atom is 0.259 e. The van der Waals surface area contributed by atoms with Crippen molar-refractivity contribution in [3.8, 4) is 22.9 Å². The summed E-state index contributed by atoms with van der Waals surface area (Å²) in [6.45, 7) is 3.45. The molecule has 2 N–H and O–H groups in total. The fourth-order valence-electron chi connectivity index (χ4n) is 6.58. The number of methoxy groups -OCH3 is 1. The molecule has 3 aliphatic rings. The summed E-state index contributed by atoms with van der Waals surface area (Å²) in [5, 5.41) is 4.78. The molecular weight excluding hydrogens is 667 g/mol. The number of nitrogens with one attached hydrogen (secondary N) is 2. The number of aromatic nitrogens is 2. The zero-order valence-corrected chi connectivity index (χ0v) is 29.6. The first-order chi connectivity index (χ1) is 23.5. The van der Waals surface area contributed by atoms with E-state index in [9.17, 15) is 22.8 Å². The normalized spacial score (nSPS) is 26.0. The summed E-state index contributed by atoms with van der Waals surface area (Å²) >= 11 is 1.45.